The quantitative estimate of drug-likeness (QED) is 0.445. The molecule has 1 aromatic heterocycles. The molecule has 1 N–H and O–H groups in total. The molecule has 1 amide bonds. The highest BCUT2D eigenvalue weighted by molar-refractivity contribution is 8.00. The highest BCUT2D eigenvalue weighted by Gasteiger charge is 2.24. The van der Waals surface area contributed by atoms with E-state index in [0.717, 1.165) is 34.7 Å². The number of fused-ring (bicyclic) bond motifs is 1. The minimum atomic E-state index is -0.148. The van der Waals surface area contributed by atoms with Crippen LogP contribution in [0.2, 0.25) is 0 Å². The maximum absolute atomic E-state index is 13.3. The van der Waals surface area contributed by atoms with Gasteiger partial charge in [-0.25, -0.2) is 4.98 Å². The number of ether oxygens (including phenoxy) is 1. The molecule has 0 aliphatic carbocycles. The van der Waals surface area contributed by atoms with Gasteiger partial charge < -0.3 is 10.1 Å². The number of amides is 1. The number of aryl methyl sites for hydroxylation is 3. The van der Waals surface area contributed by atoms with Crippen molar-refractivity contribution in [3.05, 3.63) is 69.6 Å². The van der Waals surface area contributed by atoms with Gasteiger partial charge in [0, 0.05) is 17.9 Å². The zero-order valence-electron chi connectivity index (χ0n) is 17.6. The van der Waals surface area contributed by atoms with E-state index in [1.54, 1.807) is 11.7 Å². The zero-order chi connectivity index (χ0) is 22.0. The minimum Gasteiger partial charge on any atom is -0.495 e. The molecule has 6 nitrogen and oxygen atoms in total. The summed E-state index contributed by atoms with van der Waals surface area (Å²) in [6.07, 6.45) is 0.754. The third kappa shape index (κ3) is 4.65. The van der Waals surface area contributed by atoms with Crippen LogP contribution in [0.1, 0.15) is 16.8 Å². The van der Waals surface area contributed by atoms with Gasteiger partial charge in [0.25, 0.3) is 5.56 Å². The number of carbonyl (C=O) groups is 1. The molecule has 160 valence electrons. The smallest absolute Gasteiger partial charge is 0.272 e. The number of benzene rings is 2. The lowest BCUT2D eigenvalue weighted by molar-refractivity contribution is -0.113. The van der Waals surface area contributed by atoms with Gasteiger partial charge in [-0.05, 0) is 49.2 Å². The molecule has 1 aliphatic heterocycles. The first-order valence-electron chi connectivity index (χ1n) is 9.89. The second-order valence-electron chi connectivity index (χ2n) is 7.29. The number of thioether (sulfide) groups is 2. The molecule has 4 rings (SSSR count). The number of hydrogen-bond donors (Lipinski definition) is 1. The van der Waals surface area contributed by atoms with E-state index < -0.39 is 0 Å². The Bertz CT molecular complexity index is 1190. The number of carbonyl (C=O) groups excluding carboxylic acids is 1. The molecule has 0 spiro atoms. The first-order valence-corrected chi connectivity index (χ1v) is 11.9. The van der Waals surface area contributed by atoms with Crippen molar-refractivity contribution in [1.82, 2.24) is 9.55 Å². The van der Waals surface area contributed by atoms with Crippen molar-refractivity contribution in [2.24, 2.45) is 0 Å². The van der Waals surface area contributed by atoms with Gasteiger partial charge in [-0.1, -0.05) is 30.0 Å². The van der Waals surface area contributed by atoms with Gasteiger partial charge >= 0.3 is 0 Å². The predicted octanol–water partition coefficient (Wildman–Crippen LogP) is 4.24. The van der Waals surface area contributed by atoms with E-state index in [0.29, 0.717) is 21.5 Å². The van der Waals surface area contributed by atoms with Crippen LogP contribution in [0.15, 0.2) is 57.3 Å². The Kier molecular flexibility index (Phi) is 6.38. The Hall–Kier alpha value is -2.71. The molecule has 31 heavy (non-hydrogen) atoms. The lowest BCUT2D eigenvalue weighted by Crippen LogP contribution is -2.25. The fourth-order valence-corrected chi connectivity index (χ4v) is 5.44. The molecule has 3 aromatic rings. The monoisotopic (exact) mass is 453 g/mol. The van der Waals surface area contributed by atoms with Gasteiger partial charge in [0.2, 0.25) is 5.91 Å². The number of hydrogen-bond acceptors (Lipinski definition) is 6. The highest BCUT2D eigenvalue weighted by atomic mass is 32.2. The molecule has 0 atom stereocenters. The summed E-state index contributed by atoms with van der Waals surface area (Å²) < 4.78 is 7.03. The van der Waals surface area contributed by atoms with Crippen LogP contribution in [0, 0.1) is 13.8 Å². The van der Waals surface area contributed by atoms with Gasteiger partial charge in [0.15, 0.2) is 5.16 Å². The topological polar surface area (TPSA) is 73.2 Å². The van der Waals surface area contributed by atoms with Gasteiger partial charge in [-0.3, -0.25) is 14.2 Å². The second-order valence-corrected chi connectivity index (χ2v) is 9.34. The fraction of sp³-hybridized carbons (Fsp3) is 0.261. The summed E-state index contributed by atoms with van der Waals surface area (Å²) >= 11 is 2.78. The van der Waals surface area contributed by atoms with Crippen LogP contribution < -0.4 is 15.6 Å². The van der Waals surface area contributed by atoms with E-state index >= 15 is 0 Å². The maximum Gasteiger partial charge on any atom is 0.272 e. The van der Waals surface area contributed by atoms with E-state index in [9.17, 15) is 9.59 Å². The second kappa shape index (κ2) is 9.20. The molecule has 1 aliphatic rings. The molecule has 0 saturated carbocycles. The minimum absolute atomic E-state index is 0.116. The van der Waals surface area contributed by atoms with E-state index in [1.165, 1.54) is 23.5 Å². The van der Waals surface area contributed by atoms with Gasteiger partial charge in [0.1, 0.15) is 5.75 Å². The summed E-state index contributed by atoms with van der Waals surface area (Å²) in [6, 6.07) is 13.3. The number of nitrogens with zero attached hydrogens (tertiary/aromatic N) is 2. The molecule has 2 heterocycles. The molecule has 0 bridgehead atoms. The number of methoxy groups -OCH3 is 1. The standard InChI is InChI=1S/C23H23N3O3S2/c1-14-10-15(2)12-16(11-14)24-20(27)13-31-23-25-17-8-9-30-21(17)22(28)26(23)18-6-4-5-7-19(18)29-3/h4-7,10-12H,8-9,13H2,1-3H3,(H,24,27). The number of rotatable bonds is 6. The molecule has 0 saturated heterocycles. The Morgan fingerprint density at radius 1 is 1.23 bits per heavy atom. The van der Waals surface area contributed by atoms with Crippen molar-refractivity contribution in [1.29, 1.82) is 0 Å². The fourth-order valence-electron chi connectivity index (χ4n) is 3.59. The SMILES string of the molecule is COc1ccccc1-n1c(SCC(=O)Nc2cc(C)cc(C)c2)nc2c(c1=O)SCC2. The van der Waals surface area contributed by atoms with Crippen LogP contribution >= 0.6 is 23.5 Å². The zero-order valence-corrected chi connectivity index (χ0v) is 19.2. The average molecular weight is 454 g/mol. The van der Waals surface area contributed by atoms with Gasteiger partial charge in [0.05, 0.1) is 29.1 Å². The van der Waals surface area contributed by atoms with Crippen LogP contribution in [-0.2, 0) is 11.2 Å². The lowest BCUT2D eigenvalue weighted by Gasteiger charge is -2.16. The first-order chi connectivity index (χ1) is 15.0. The largest absolute Gasteiger partial charge is 0.495 e. The molecule has 0 radical (unpaired) electrons. The van der Waals surface area contributed by atoms with E-state index in [4.69, 9.17) is 9.72 Å². The summed E-state index contributed by atoms with van der Waals surface area (Å²) in [7, 11) is 1.57. The molecule has 0 fully saturated rings. The van der Waals surface area contributed by atoms with Crippen molar-refractivity contribution in [3.63, 3.8) is 0 Å². The summed E-state index contributed by atoms with van der Waals surface area (Å²) in [5, 5.41) is 3.43. The van der Waals surface area contributed by atoms with Crippen molar-refractivity contribution in [2.45, 2.75) is 30.3 Å². The van der Waals surface area contributed by atoms with E-state index in [1.807, 2.05) is 50.2 Å². The average Bonchev–Trinajstić information content (AvgIpc) is 3.20. The van der Waals surface area contributed by atoms with Crippen molar-refractivity contribution >= 4 is 35.1 Å². The number of anilines is 1. The van der Waals surface area contributed by atoms with Crippen LogP contribution in [0.5, 0.6) is 5.75 Å². The maximum atomic E-state index is 13.3. The Morgan fingerprint density at radius 2 is 1.97 bits per heavy atom. The third-order valence-electron chi connectivity index (χ3n) is 4.83. The summed E-state index contributed by atoms with van der Waals surface area (Å²) in [5.41, 5.74) is 4.25. The third-order valence-corrected chi connectivity index (χ3v) is 6.88. The summed E-state index contributed by atoms with van der Waals surface area (Å²) in [6.45, 7) is 3.99. The van der Waals surface area contributed by atoms with Crippen LogP contribution in [-0.4, -0.2) is 34.1 Å². The number of nitrogens with one attached hydrogen (secondary N) is 1. The summed E-state index contributed by atoms with van der Waals surface area (Å²) in [5.74, 6) is 1.41. The molecule has 0 unspecified atom stereocenters. The van der Waals surface area contributed by atoms with E-state index in [2.05, 4.69) is 11.4 Å². The van der Waals surface area contributed by atoms with Crippen molar-refractivity contribution < 1.29 is 9.53 Å². The molecule has 8 heteroatoms. The molecular weight excluding hydrogens is 430 g/mol. The van der Waals surface area contributed by atoms with Gasteiger partial charge in [-0.15, -0.1) is 11.8 Å². The predicted molar refractivity (Wildman–Crippen MR) is 126 cm³/mol. The van der Waals surface area contributed by atoms with Crippen molar-refractivity contribution in [2.75, 3.05) is 23.9 Å². The highest BCUT2D eigenvalue weighted by Crippen LogP contribution is 2.32. The normalized spacial score (nSPS) is 12.5. The van der Waals surface area contributed by atoms with E-state index in [-0.39, 0.29) is 17.2 Å². The van der Waals surface area contributed by atoms with Crippen LogP contribution in [0.25, 0.3) is 5.69 Å². The van der Waals surface area contributed by atoms with Crippen LogP contribution in [0.3, 0.4) is 0 Å². The van der Waals surface area contributed by atoms with Crippen LogP contribution in [0.4, 0.5) is 5.69 Å². The summed E-state index contributed by atoms with van der Waals surface area (Å²) in [4.78, 5) is 31.3. The van der Waals surface area contributed by atoms with Crippen molar-refractivity contribution in [3.8, 4) is 11.4 Å². The molecular formula is C23H23N3O3S2. The van der Waals surface area contributed by atoms with Gasteiger partial charge in [-0.2, -0.15) is 0 Å². The lowest BCUT2D eigenvalue weighted by atomic mass is 10.1. The Morgan fingerprint density at radius 3 is 2.71 bits per heavy atom. The number of para-hydroxylation sites is 2. The molecule has 2 aromatic carbocycles. The first kappa shape index (κ1) is 21.5. The number of aromatic nitrogens is 2. The Balaban J connectivity index is 1.64. The Labute approximate surface area is 189 Å².